The van der Waals surface area contributed by atoms with E-state index < -0.39 is 0 Å². The van der Waals surface area contributed by atoms with E-state index in [0.717, 1.165) is 11.6 Å². The number of carbonyl (C=O) groups excluding carboxylic acids is 1. The van der Waals surface area contributed by atoms with E-state index >= 15 is 0 Å². The maximum atomic E-state index is 11.9. The normalized spacial score (nSPS) is 16.8. The maximum absolute atomic E-state index is 11.9. The molecule has 0 aromatic carbocycles. The minimum Gasteiger partial charge on any atom is -0.467 e. The van der Waals surface area contributed by atoms with Crippen LogP contribution >= 0.6 is 11.8 Å². The Bertz CT molecular complexity index is 605. The van der Waals surface area contributed by atoms with Gasteiger partial charge in [0.15, 0.2) is 0 Å². The van der Waals surface area contributed by atoms with Crippen LogP contribution in [0, 0.1) is 0 Å². The number of amides is 1. The number of furan rings is 1. The predicted molar refractivity (Wildman–Crippen MR) is 83.6 cm³/mol. The van der Waals surface area contributed by atoms with Crippen molar-refractivity contribution in [2.24, 2.45) is 0 Å². The number of hydrogen-bond acceptors (Lipinski definition) is 5. The third kappa shape index (κ3) is 3.71. The topological polar surface area (TPSA) is 83.8 Å². The van der Waals surface area contributed by atoms with E-state index in [0.29, 0.717) is 16.8 Å². The maximum Gasteiger partial charge on any atom is 0.231 e. The number of nitrogens with zero attached hydrogens (tertiary/aromatic N) is 2. The molecule has 0 radical (unpaired) electrons. The zero-order valence-corrected chi connectivity index (χ0v) is 13.4. The van der Waals surface area contributed by atoms with Gasteiger partial charge in [0.05, 0.1) is 18.1 Å². The Morgan fingerprint density at radius 1 is 1.55 bits per heavy atom. The zero-order valence-electron chi connectivity index (χ0n) is 12.5. The highest BCUT2D eigenvalue weighted by molar-refractivity contribution is 7.99. The summed E-state index contributed by atoms with van der Waals surface area (Å²) < 4.78 is 5.27. The smallest absolute Gasteiger partial charge is 0.231 e. The van der Waals surface area contributed by atoms with Crippen LogP contribution < -0.4 is 5.32 Å². The molecule has 0 spiro atoms. The van der Waals surface area contributed by atoms with Gasteiger partial charge in [0, 0.05) is 5.92 Å². The van der Waals surface area contributed by atoms with Gasteiger partial charge in [-0.25, -0.2) is 4.98 Å². The molecule has 1 aliphatic carbocycles. The van der Waals surface area contributed by atoms with Crippen molar-refractivity contribution in [3.8, 4) is 0 Å². The van der Waals surface area contributed by atoms with Crippen LogP contribution in [-0.4, -0.2) is 26.8 Å². The Hall–Kier alpha value is -1.76. The number of aromatic amines is 1. The molecule has 1 fully saturated rings. The molecule has 6 nitrogen and oxygen atoms in total. The van der Waals surface area contributed by atoms with E-state index in [1.165, 1.54) is 37.4 Å². The van der Waals surface area contributed by atoms with Gasteiger partial charge in [0.1, 0.15) is 11.6 Å². The van der Waals surface area contributed by atoms with Crippen LogP contribution in [0.5, 0.6) is 0 Å². The van der Waals surface area contributed by atoms with Crippen LogP contribution in [0.15, 0.2) is 28.0 Å². The number of thioether (sulfide) groups is 1. The summed E-state index contributed by atoms with van der Waals surface area (Å²) in [5.41, 5.74) is 0. The molecule has 1 atom stereocenters. The Labute approximate surface area is 133 Å². The van der Waals surface area contributed by atoms with Gasteiger partial charge in [-0.05, 0) is 31.9 Å². The molecular formula is C15H20N4O2S. The average Bonchev–Trinajstić information content (AvgIpc) is 3.25. The lowest BCUT2D eigenvalue weighted by Gasteiger charge is -2.10. The first-order chi connectivity index (χ1) is 10.7. The summed E-state index contributed by atoms with van der Waals surface area (Å²) >= 11 is 1.35. The lowest BCUT2D eigenvalue weighted by Crippen LogP contribution is -2.27. The summed E-state index contributed by atoms with van der Waals surface area (Å²) in [5.74, 6) is 2.47. The summed E-state index contributed by atoms with van der Waals surface area (Å²) in [7, 11) is 0. The van der Waals surface area contributed by atoms with Crippen LogP contribution in [0.1, 0.15) is 56.2 Å². The number of rotatable bonds is 6. The Morgan fingerprint density at radius 3 is 3.09 bits per heavy atom. The molecule has 1 unspecified atom stereocenters. The summed E-state index contributed by atoms with van der Waals surface area (Å²) in [5, 5.41) is 10.7. The van der Waals surface area contributed by atoms with E-state index in [1.54, 1.807) is 6.26 Å². The molecule has 1 aliphatic rings. The van der Waals surface area contributed by atoms with Crippen molar-refractivity contribution in [1.29, 1.82) is 0 Å². The van der Waals surface area contributed by atoms with Crippen LogP contribution in [0.4, 0.5) is 0 Å². The van der Waals surface area contributed by atoms with Crippen molar-refractivity contribution in [3.05, 3.63) is 30.0 Å². The first-order valence-corrected chi connectivity index (χ1v) is 8.59. The standard InChI is InChI=1S/C15H20N4O2S/c1-10(12-7-4-8-21-12)16-13(20)9-22-15-17-14(18-19-15)11-5-2-3-6-11/h4,7-8,10-11H,2-3,5-6,9H2,1H3,(H,16,20)(H,17,18,19). The monoisotopic (exact) mass is 320 g/mol. The second-order valence-corrected chi connectivity index (χ2v) is 6.52. The molecule has 2 heterocycles. The van der Waals surface area contributed by atoms with Gasteiger partial charge in [-0.2, -0.15) is 0 Å². The van der Waals surface area contributed by atoms with E-state index in [2.05, 4.69) is 20.5 Å². The number of hydrogen-bond donors (Lipinski definition) is 2. The summed E-state index contributed by atoms with van der Waals surface area (Å²) in [6, 6.07) is 3.52. The summed E-state index contributed by atoms with van der Waals surface area (Å²) in [6.45, 7) is 1.90. The first-order valence-electron chi connectivity index (χ1n) is 7.60. The second kappa shape index (κ2) is 7.00. The highest BCUT2D eigenvalue weighted by Crippen LogP contribution is 2.32. The van der Waals surface area contributed by atoms with Crippen LogP contribution in [-0.2, 0) is 4.79 Å². The van der Waals surface area contributed by atoms with Crippen LogP contribution in [0.25, 0.3) is 0 Å². The largest absolute Gasteiger partial charge is 0.467 e. The molecule has 0 aliphatic heterocycles. The predicted octanol–water partition coefficient (Wildman–Crippen LogP) is 3.02. The highest BCUT2D eigenvalue weighted by atomic mass is 32.2. The lowest BCUT2D eigenvalue weighted by molar-refractivity contribution is -0.119. The first kappa shape index (κ1) is 15.1. The van der Waals surface area contributed by atoms with Crippen molar-refractivity contribution in [3.63, 3.8) is 0 Å². The average molecular weight is 320 g/mol. The highest BCUT2D eigenvalue weighted by Gasteiger charge is 2.21. The van der Waals surface area contributed by atoms with Gasteiger partial charge in [-0.3, -0.25) is 9.89 Å². The van der Waals surface area contributed by atoms with Gasteiger partial charge >= 0.3 is 0 Å². The van der Waals surface area contributed by atoms with Crippen molar-refractivity contribution in [1.82, 2.24) is 20.5 Å². The van der Waals surface area contributed by atoms with Crippen LogP contribution in [0.2, 0.25) is 0 Å². The molecule has 2 aromatic rings. The molecule has 3 rings (SSSR count). The number of nitrogens with one attached hydrogen (secondary N) is 2. The molecular weight excluding hydrogens is 300 g/mol. The minimum atomic E-state index is -0.135. The molecule has 7 heteroatoms. The molecule has 2 aromatic heterocycles. The second-order valence-electron chi connectivity index (χ2n) is 5.58. The lowest BCUT2D eigenvalue weighted by atomic mass is 10.1. The third-order valence-electron chi connectivity index (χ3n) is 3.90. The van der Waals surface area contributed by atoms with Gasteiger partial charge in [0.2, 0.25) is 11.1 Å². The zero-order chi connectivity index (χ0) is 15.4. The minimum absolute atomic E-state index is 0.0545. The van der Waals surface area contributed by atoms with Crippen LogP contribution in [0.3, 0.4) is 0 Å². The van der Waals surface area contributed by atoms with Crippen molar-refractivity contribution in [2.45, 2.75) is 49.7 Å². The molecule has 2 N–H and O–H groups in total. The number of aromatic nitrogens is 3. The van der Waals surface area contributed by atoms with E-state index in [1.807, 2.05) is 19.1 Å². The summed E-state index contributed by atoms with van der Waals surface area (Å²) in [6.07, 6.45) is 6.49. The fourth-order valence-electron chi connectivity index (χ4n) is 2.73. The molecule has 0 saturated heterocycles. The fraction of sp³-hybridized carbons (Fsp3) is 0.533. The van der Waals surface area contributed by atoms with Gasteiger partial charge in [-0.15, -0.1) is 5.10 Å². The summed E-state index contributed by atoms with van der Waals surface area (Å²) in [4.78, 5) is 16.4. The number of carbonyl (C=O) groups is 1. The Kier molecular flexibility index (Phi) is 4.82. The molecule has 118 valence electrons. The Morgan fingerprint density at radius 2 is 2.36 bits per heavy atom. The van der Waals surface area contributed by atoms with Gasteiger partial charge in [-0.1, -0.05) is 24.6 Å². The molecule has 1 amide bonds. The van der Waals surface area contributed by atoms with Crippen molar-refractivity contribution >= 4 is 17.7 Å². The number of H-pyrrole nitrogens is 1. The van der Waals surface area contributed by atoms with Crippen molar-refractivity contribution in [2.75, 3.05) is 5.75 Å². The van der Waals surface area contributed by atoms with E-state index in [-0.39, 0.29) is 11.9 Å². The molecule has 1 saturated carbocycles. The van der Waals surface area contributed by atoms with Gasteiger partial charge < -0.3 is 9.73 Å². The fourth-order valence-corrected chi connectivity index (χ4v) is 3.34. The quantitative estimate of drug-likeness (QED) is 0.799. The SMILES string of the molecule is CC(NC(=O)CSc1n[nH]c(C2CCCC2)n1)c1ccco1. The van der Waals surface area contributed by atoms with Gasteiger partial charge in [0.25, 0.3) is 0 Å². The molecule has 0 bridgehead atoms. The Balaban J connectivity index is 1.46. The van der Waals surface area contributed by atoms with Crippen molar-refractivity contribution < 1.29 is 9.21 Å². The molecule has 22 heavy (non-hydrogen) atoms. The third-order valence-corrected chi connectivity index (χ3v) is 4.75. The van der Waals surface area contributed by atoms with E-state index in [4.69, 9.17) is 4.42 Å². The van der Waals surface area contributed by atoms with E-state index in [9.17, 15) is 4.79 Å².